The molecule has 0 atom stereocenters. The average Bonchev–Trinajstić information content (AvgIpc) is 2.58. The molecule has 3 nitrogen and oxygen atoms in total. The molecular formula is C22H23FO3S. The Morgan fingerprint density at radius 2 is 1.85 bits per heavy atom. The summed E-state index contributed by atoms with van der Waals surface area (Å²) in [6.45, 7) is 7.27. The summed E-state index contributed by atoms with van der Waals surface area (Å²) in [5.41, 5.74) is 1.21. The number of carbonyl (C=O) groups is 1. The molecule has 0 spiro atoms. The lowest BCUT2D eigenvalue weighted by Gasteiger charge is -2.19. The topological polar surface area (TPSA) is 35.5 Å². The summed E-state index contributed by atoms with van der Waals surface area (Å²) in [4.78, 5) is 12.8. The van der Waals surface area contributed by atoms with Crippen molar-refractivity contribution in [1.29, 1.82) is 0 Å². The van der Waals surface area contributed by atoms with E-state index in [9.17, 15) is 9.18 Å². The lowest BCUT2D eigenvalue weighted by Crippen LogP contribution is -2.27. The lowest BCUT2D eigenvalue weighted by molar-refractivity contribution is -0.157. The fourth-order valence-corrected chi connectivity index (χ4v) is 2.91. The van der Waals surface area contributed by atoms with E-state index in [-0.39, 0.29) is 12.4 Å². The zero-order valence-electron chi connectivity index (χ0n) is 16.0. The van der Waals surface area contributed by atoms with Crippen LogP contribution in [0.2, 0.25) is 0 Å². The van der Waals surface area contributed by atoms with E-state index >= 15 is 0 Å². The second-order valence-electron chi connectivity index (χ2n) is 6.90. The standard InChI is InChI=1S/C22H23FO3S/c1-16-14-19(27-13-5-6-17-7-9-18(23)10-8-17)11-12-20(16)25-15-21(24)26-22(2,3)4/h7-12,14H,13,15H2,1-4H3. The highest BCUT2D eigenvalue weighted by atomic mass is 32.2. The van der Waals surface area contributed by atoms with Crippen LogP contribution in [-0.2, 0) is 9.53 Å². The summed E-state index contributed by atoms with van der Waals surface area (Å²) < 4.78 is 23.6. The number of esters is 1. The number of rotatable bonds is 5. The SMILES string of the molecule is Cc1cc(SCC#Cc2ccc(F)cc2)ccc1OCC(=O)OC(C)(C)C. The van der Waals surface area contributed by atoms with Crippen molar-refractivity contribution in [3.8, 4) is 17.6 Å². The van der Waals surface area contributed by atoms with E-state index < -0.39 is 11.6 Å². The summed E-state index contributed by atoms with van der Waals surface area (Å²) in [5, 5.41) is 0. The molecule has 0 N–H and O–H groups in total. The third kappa shape index (κ3) is 7.76. The zero-order chi connectivity index (χ0) is 19.9. The van der Waals surface area contributed by atoms with Crippen molar-refractivity contribution in [2.75, 3.05) is 12.4 Å². The zero-order valence-corrected chi connectivity index (χ0v) is 16.8. The first kappa shape index (κ1) is 20.9. The maximum absolute atomic E-state index is 12.9. The fourth-order valence-electron chi connectivity index (χ4n) is 2.17. The largest absolute Gasteiger partial charge is 0.482 e. The molecule has 0 saturated heterocycles. The Kier molecular flexibility index (Phi) is 7.32. The fraction of sp³-hybridized carbons (Fsp3) is 0.318. The molecule has 2 aromatic rings. The second-order valence-corrected chi connectivity index (χ2v) is 7.95. The van der Waals surface area contributed by atoms with E-state index in [2.05, 4.69) is 11.8 Å². The molecule has 0 radical (unpaired) electrons. The predicted molar refractivity (Wildman–Crippen MR) is 107 cm³/mol. The first-order valence-electron chi connectivity index (χ1n) is 8.55. The third-order valence-corrected chi connectivity index (χ3v) is 4.18. The van der Waals surface area contributed by atoms with E-state index in [1.807, 2.05) is 45.9 Å². The van der Waals surface area contributed by atoms with Crippen LogP contribution in [0, 0.1) is 24.6 Å². The molecule has 0 fully saturated rings. The average molecular weight is 386 g/mol. The Balaban J connectivity index is 1.85. The van der Waals surface area contributed by atoms with E-state index in [1.54, 1.807) is 23.9 Å². The second kappa shape index (κ2) is 9.48. The van der Waals surface area contributed by atoms with Gasteiger partial charge in [-0.15, -0.1) is 11.8 Å². The molecule has 0 heterocycles. The van der Waals surface area contributed by atoms with Crippen molar-refractivity contribution in [1.82, 2.24) is 0 Å². The van der Waals surface area contributed by atoms with Gasteiger partial charge >= 0.3 is 5.97 Å². The highest BCUT2D eigenvalue weighted by Gasteiger charge is 2.16. The molecule has 0 amide bonds. The third-order valence-electron chi connectivity index (χ3n) is 3.30. The first-order chi connectivity index (χ1) is 12.7. The molecule has 0 bridgehead atoms. The van der Waals surface area contributed by atoms with Gasteiger partial charge in [0.15, 0.2) is 6.61 Å². The Bertz CT molecular complexity index is 843. The van der Waals surface area contributed by atoms with Gasteiger partial charge in [-0.1, -0.05) is 11.8 Å². The maximum Gasteiger partial charge on any atom is 0.344 e. The molecule has 27 heavy (non-hydrogen) atoms. The maximum atomic E-state index is 12.9. The molecule has 0 unspecified atom stereocenters. The van der Waals surface area contributed by atoms with Crippen molar-refractivity contribution in [3.05, 3.63) is 59.4 Å². The number of ether oxygens (including phenoxy) is 2. The Morgan fingerprint density at radius 3 is 2.48 bits per heavy atom. The number of hydrogen-bond donors (Lipinski definition) is 0. The number of halogens is 1. The number of benzene rings is 2. The highest BCUT2D eigenvalue weighted by molar-refractivity contribution is 7.99. The van der Waals surface area contributed by atoms with E-state index in [4.69, 9.17) is 9.47 Å². The van der Waals surface area contributed by atoms with Crippen molar-refractivity contribution in [3.63, 3.8) is 0 Å². The summed E-state index contributed by atoms with van der Waals surface area (Å²) in [6.07, 6.45) is 0. The van der Waals surface area contributed by atoms with Gasteiger partial charge in [-0.25, -0.2) is 9.18 Å². The molecule has 0 aliphatic heterocycles. The lowest BCUT2D eigenvalue weighted by atomic mass is 10.2. The van der Waals surface area contributed by atoms with Gasteiger partial charge in [0, 0.05) is 10.5 Å². The van der Waals surface area contributed by atoms with Crippen LogP contribution < -0.4 is 4.74 Å². The van der Waals surface area contributed by atoms with Gasteiger partial charge in [0.25, 0.3) is 0 Å². The van der Waals surface area contributed by atoms with Crippen LogP contribution >= 0.6 is 11.8 Å². The van der Waals surface area contributed by atoms with Crippen molar-refractivity contribution in [2.24, 2.45) is 0 Å². The number of hydrogen-bond acceptors (Lipinski definition) is 4. The van der Waals surface area contributed by atoms with Gasteiger partial charge < -0.3 is 9.47 Å². The number of thioether (sulfide) groups is 1. The molecule has 0 aliphatic rings. The van der Waals surface area contributed by atoms with E-state index in [0.717, 1.165) is 16.0 Å². The van der Waals surface area contributed by atoms with Gasteiger partial charge in [-0.2, -0.15) is 0 Å². The Hall–Kier alpha value is -2.45. The molecule has 5 heteroatoms. The molecule has 0 aliphatic carbocycles. The van der Waals surface area contributed by atoms with Gasteiger partial charge in [-0.05, 0) is 75.7 Å². The molecule has 2 rings (SSSR count). The monoisotopic (exact) mass is 386 g/mol. The summed E-state index contributed by atoms with van der Waals surface area (Å²) in [6, 6.07) is 11.9. The van der Waals surface area contributed by atoms with Crippen LogP contribution in [0.25, 0.3) is 0 Å². The van der Waals surface area contributed by atoms with E-state index in [0.29, 0.717) is 11.5 Å². The van der Waals surface area contributed by atoms with Crippen LogP contribution in [-0.4, -0.2) is 23.9 Å². The molecule has 142 valence electrons. The van der Waals surface area contributed by atoms with Crippen LogP contribution in [0.5, 0.6) is 5.75 Å². The predicted octanol–water partition coefficient (Wildman–Crippen LogP) is 5.00. The first-order valence-corrected chi connectivity index (χ1v) is 9.54. The smallest absolute Gasteiger partial charge is 0.344 e. The van der Waals surface area contributed by atoms with Gasteiger partial charge in [0.05, 0.1) is 5.75 Å². The summed E-state index contributed by atoms with van der Waals surface area (Å²) >= 11 is 1.60. The molecule has 2 aromatic carbocycles. The quantitative estimate of drug-likeness (QED) is 0.412. The number of aryl methyl sites for hydroxylation is 1. The van der Waals surface area contributed by atoms with E-state index in [1.165, 1.54) is 12.1 Å². The van der Waals surface area contributed by atoms with Gasteiger partial charge in [-0.3, -0.25) is 0 Å². The summed E-state index contributed by atoms with van der Waals surface area (Å²) in [7, 11) is 0. The van der Waals surface area contributed by atoms with Crippen molar-refractivity contribution in [2.45, 2.75) is 38.2 Å². The summed E-state index contributed by atoms with van der Waals surface area (Å²) in [5.74, 6) is 6.69. The van der Waals surface area contributed by atoms with Crippen LogP contribution in [0.1, 0.15) is 31.9 Å². The molecular weight excluding hydrogens is 363 g/mol. The minimum absolute atomic E-state index is 0.117. The normalized spacial score (nSPS) is 10.7. The van der Waals surface area contributed by atoms with Gasteiger partial charge in [0.2, 0.25) is 0 Å². The molecule has 0 aromatic heterocycles. The van der Waals surface area contributed by atoms with Crippen LogP contribution in [0.15, 0.2) is 47.4 Å². The minimum Gasteiger partial charge on any atom is -0.482 e. The van der Waals surface area contributed by atoms with Crippen LogP contribution in [0.4, 0.5) is 4.39 Å². The van der Waals surface area contributed by atoms with Gasteiger partial charge in [0.1, 0.15) is 17.2 Å². The molecule has 0 saturated carbocycles. The van der Waals surface area contributed by atoms with Crippen LogP contribution in [0.3, 0.4) is 0 Å². The number of carbonyl (C=O) groups excluding carboxylic acids is 1. The highest BCUT2D eigenvalue weighted by Crippen LogP contribution is 2.25. The van der Waals surface area contributed by atoms with Crippen molar-refractivity contribution < 1.29 is 18.7 Å². The van der Waals surface area contributed by atoms with Crippen molar-refractivity contribution >= 4 is 17.7 Å². The Labute approximate surface area is 164 Å². The Morgan fingerprint density at radius 1 is 1.15 bits per heavy atom. The minimum atomic E-state index is -0.523.